The van der Waals surface area contributed by atoms with Crippen molar-refractivity contribution in [1.29, 1.82) is 0 Å². The van der Waals surface area contributed by atoms with E-state index < -0.39 is 11.6 Å². The van der Waals surface area contributed by atoms with Crippen LogP contribution in [0.1, 0.15) is 16.7 Å². The van der Waals surface area contributed by atoms with E-state index in [1.54, 1.807) is 12.3 Å². The van der Waals surface area contributed by atoms with Crippen LogP contribution in [0.4, 0.5) is 8.78 Å². The quantitative estimate of drug-likeness (QED) is 0.886. The van der Waals surface area contributed by atoms with Gasteiger partial charge in [-0.15, -0.1) is 0 Å². The van der Waals surface area contributed by atoms with Gasteiger partial charge >= 0.3 is 0 Å². The number of aromatic nitrogens is 1. The van der Waals surface area contributed by atoms with Crippen molar-refractivity contribution in [2.24, 2.45) is 0 Å². The van der Waals surface area contributed by atoms with E-state index in [0.717, 1.165) is 23.8 Å². The Morgan fingerprint density at radius 2 is 1.88 bits per heavy atom. The van der Waals surface area contributed by atoms with Gasteiger partial charge in [-0.2, -0.15) is 0 Å². The lowest BCUT2D eigenvalue weighted by Gasteiger charge is -2.07. The number of hydrogen-bond acceptors (Lipinski definition) is 2. The van der Waals surface area contributed by atoms with Crippen LogP contribution < -0.4 is 0 Å². The van der Waals surface area contributed by atoms with Gasteiger partial charge in [-0.1, -0.05) is 0 Å². The molecule has 17 heavy (non-hydrogen) atoms. The van der Waals surface area contributed by atoms with Crippen LogP contribution in [0.3, 0.4) is 0 Å². The second kappa shape index (κ2) is 5.01. The number of hydrogen-bond donors (Lipinski definition) is 1. The molecular formula is C13H11F2NO. The summed E-state index contributed by atoms with van der Waals surface area (Å²) in [5, 5.41) is 9.11. The van der Waals surface area contributed by atoms with Crippen LogP contribution in [0.2, 0.25) is 0 Å². The summed E-state index contributed by atoms with van der Waals surface area (Å²) in [6.07, 6.45) is 3.32. The van der Waals surface area contributed by atoms with E-state index in [-0.39, 0.29) is 18.6 Å². The van der Waals surface area contributed by atoms with Gasteiger partial charge in [0.2, 0.25) is 0 Å². The smallest absolute Gasteiger partial charge is 0.126 e. The Hall–Kier alpha value is -1.81. The Bertz CT molecular complexity index is 529. The number of halogens is 2. The number of rotatable bonds is 3. The Labute approximate surface area is 97.6 Å². The number of nitrogens with zero attached hydrogens (tertiary/aromatic N) is 1. The van der Waals surface area contributed by atoms with E-state index in [4.69, 9.17) is 5.11 Å². The van der Waals surface area contributed by atoms with Crippen LogP contribution in [0, 0.1) is 11.6 Å². The molecule has 0 radical (unpaired) electrons. The molecule has 0 bridgehead atoms. The van der Waals surface area contributed by atoms with E-state index >= 15 is 0 Å². The number of aliphatic hydroxyl groups excluding tert-OH is 1. The fourth-order valence-electron chi connectivity index (χ4n) is 1.65. The Morgan fingerprint density at radius 3 is 2.65 bits per heavy atom. The van der Waals surface area contributed by atoms with Gasteiger partial charge < -0.3 is 5.11 Å². The van der Waals surface area contributed by atoms with Crippen LogP contribution in [0.15, 0.2) is 36.7 Å². The highest BCUT2D eigenvalue weighted by Gasteiger charge is 2.08. The van der Waals surface area contributed by atoms with Crippen LogP contribution >= 0.6 is 0 Å². The summed E-state index contributed by atoms with van der Waals surface area (Å²) >= 11 is 0. The lowest BCUT2D eigenvalue weighted by Crippen LogP contribution is -1.99. The molecule has 0 amide bonds. The highest BCUT2D eigenvalue weighted by Crippen LogP contribution is 2.17. The monoisotopic (exact) mass is 235 g/mol. The summed E-state index contributed by atoms with van der Waals surface area (Å²) in [7, 11) is 0. The molecule has 1 heterocycles. The number of pyridine rings is 1. The summed E-state index contributed by atoms with van der Waals surface area (Å²) in [6.45, 7) is -0.167. The molecule has 0 aliphatic carbocycles. The fraction of sp³-hybridized carbons (Fsp3) is 0.154. The maximum Gasteiger partial charge on any atom is 0.126 e. The maximum atomic E-state index is 13.4. The molecule has 0 saturated carbocycles. The molecule has 0 unspecified atom stereocenters. The van der Waals surface area contributed by atoms with E-state index in [2.05, 4.69) is 4.98 Å². The molecule has 0 aliphatic rings. The first-order valence-corrected chi connectivity index (χ1v) is 5.17. The molecule has 88 valence electrons. The first kappa shape index (κ1) is 11.7. The van der Waals surface area contributed by atoms with Crippen molar-refractivity contribution in [3.05, 3.63) is 65.0 Å². The van der Waals surface area contributed by atoms with E-state index in [0.29, 0.717) is 5.56 Å². The molecule has 0 saturated heterocycles. The normalized spacial score (nSPS) is 10.5. The predicted octanol–water partition coefficient (Wildman–Crippen LogP) is 2.44. The van der Waals surface area contributed by atoms with Gasteiger partial charge in [0.05, 0.1) is 6.61 Å². The first-order chi connectivity index (χ1) is 8.20. The van der Waals surface area contributed by atoms with Crippen molar-refractivity contribution in [2.75, 3.05) is 0 Å². The molecule has 0 fully saturated rings. The molecule has 0 spiro atoms. The largest absolute Gasteiger partial charge is 0.392 e. The summed E-state index contributed by atoms with van der Waals surface area (Å²) in [5.41, 5.74) is 1.63. The third kappa shape index (κ3) is 2.65. The van der Waals surface area contributed by atoms with E-state index in [1.165, 1.54) is 6.20 Å². The lowest BCUT2D eigenvalue weighted by molar-refractivity contribution is 0.280. The van der Waals surface area contributed by atoms with Gasteiger partial charge in [-0.3, -0.25) is 4.98 Å². The number of benzene rings is 1. The molecule has 1 N–H and O–H groups in total. The average molecular weight is 235 g/mol. The second-order valence-electron chi connectivity index (χ2n) is 3.72. The molecule has 1 aromatic carbocycles. The number of aliphatic hydroxyl groups is 1. The average Bonchev–Trinajstić information content (AvgIpc) is 2.34. The molecule has 1 aromatic heterocycles. The minimum Gasteiger partial charge on any atom is -0.392 e. The standard InChI is InChI=1S/C13H11F2NO/c14-12-1-2-13(15)10(6-12)5-9-3-4-16-7-11(9)8-17/h1-4,6-7,17H,5,8H2. The van der Waals surface area contributed by atoms with Crippen molar-refractivity contribution in [3.63, 3.8) is 0 Å². The maximum absolute atomic E-state index is 13.4. The van der Waals surface area contributed by atoms with Crippen LogP contribution in [0.5, 0.6) is 0 Å². The topological polar surface area (TPSA) is 33.1 Å². The van der Waals surface area contributed by atoms with Gasteiger partial charge in [-0.25, -0.2) is 8.78 Å². The highest BCUT2D eigenvalue weighted by molar-refractivity contribution is 5.31. The molecule has 2 nitrogen and oxygen atoms in total. The molecule has 0 aliphatic heterocycles. The summed E-state index contributed by atoms with van der Waals surface area (Å²) in [6, 6.07) is 5.04. The second-order valence-corrected chi connectivity index (χ2v) is 3.72. The predicted molar refractivity (Wildman–Crippen MR) is 59.3 cm³/mol. The third-order valence-corrected chi connectivity index (χ3v) is 2.56. The molecule has 2 rings (SSSR count). The van der Waals surface area contributed by atoms with Crippen molar-refractivity contribution < 1.29 is 13.9 Å². The molecule has 0 atom stereocenters. The third-order valence-electron chi connectivity index (χ3n) is 2.56. The van der Waals surface area contributed by atoms with Gasteiger partial charge in [0, 0.05) is 18.8 Å². The first-order valence-electron chi connectivity index (χ1n) is 5.17. The zero-order valence-corrected chi connectivity index (χ0v) is 9.03. The SMILES string of the molecule is OCc1cnccc1Cc1cc(F)ccc1F. The van der Waals surface area contributed by atoms with Gasteiger partial charge in [0.15, 0.2) is 0 Å². The zero-order valence-electron chi connectivity index (χ0n) is 9.03. The van der Waals surface area contributed by atoms with Gasteiger partial charge in [0.1, 0.15) is 11.6 Å². The Balaban J connectivity index is 2.34. The molecule has 4 heteroatoms. The Kier molecular flexibility index (Phi) is 3.44. The molecular weight excluding hydrogens is 224 g/mol. The molecule has 2 aromatic rings. The van der Waals surface area contributed by atoms with Crippen LogP contribution in [0.25, 0.3) is 0 Å². The highest BCUT2D eigenvalue weighted by atomic mass is 19.1. The van der Waals surface area contributed by atoms with Crippen molar-refractivity contribution in [1.82, 2.24) is 4.98 Å². The minimum absolute atomic E-state index is 0.167. The summed E-state index contributed by atoms with van der Waals surface area (Å²) < 4.78 is 26.5. The summed E-state index contributed by atoms with van der Waals surface area (Å²) in [4.78, 5) is 3.87. The minimum atomic E-state index is -0.471. The zero-order chi connectivity index (χ0) is 12.3. The van der Waals surface area contributed by atoms with E-state index in [9.17, 15) is 8.78 Å². The van der Waals surface area contributed by atoms with Crippen LogP contribution in [-0.4, -0.2) is 10.1 Å². The van der Waals surface area contributed by atoms with Crippen molar-refractivity contribution in [3.8, 4) is 0 Å². The van der Waals surface area contributed by atoms with Gasteiger partial charge in [0.25, 0.3) is 0 Å². The fourth-order valence-corrected chi connectivity index (χ4v) is 1.65. The van der Waals surface area contributed by atoms with Crippen molar-refractivity contribution in [2.45, 2.75) is 13.0 Å². The van der Waals surface area contributed by atoms with Gasteiger partial charge in [-0.05, 0) is 41.0 Å². The van der Waals surface area contributed by atoms with Crippen LogP contribution in [-0.2, 0) is 13.0 Å². The summed E-state index contributed by atoms with van der Waals surface area (Å²) in [5.74, 6) is -0.923. The van der Waals surface area contributed by atoms with Crippen molar-refractivity contribution >= 4 is 0 Å². The van der Waals surface area contributed by atoms with E-state index in [1.807, 2.05) is 0 Å². The lowest BCUT2D eigenvalue weighted by atomic mass is 10.0. The Morgan fingerprint density at radius 1 is 1.06 bits per heavy atom.